The van der Waals surface area contributed by atoms with Crippen molar-refractivity contribution >= 4 is 5.97 Å². The number of halogens is 1. The van der Waals surface area contributed by atoms with E-state index >= 15 is 0 Å². The van der Waals surface area contributed by atoms with Gasteiger partial charge in [0.15, 0.2) is 0 Å². The van der Waals surface area contributed by atoms with Crippen molar-refractivity contribution in [3.8, 4) is 0 Å². The van der Waals surface area contributed by atoms with Crippen molar-refractivity contribution in [2.75, 3.05) is 0 Å². The summed E-state index contributed by atoms with van der Waals surface area (Å²) in [4.78, 5) is 10.3. The van der Waals surface area contributed by atoms with Crippen molar-refractivity contribution < 1.29 is 14.3 Å². The highest BCUT2D eigenvalue weighted by atomic mass is 19.1. The maximum Gasteiger partial charge on any atom is 0.303 e. The minimum atomic E-state index is -0.994. The van der Waals surface area contributed by atoms with Crippen molar-refractivity contribution in [3.05, 3.63) is 35.4 Å². The van der Waals surface area contributed by atoms with Crippen LogP contribution in [0.3, 0.4) is 0 Å². The maximum atomic E-state index is 13.2. The lowest BCUT2D eigenvalue weighted by Gasteiger charge is -2.09. The standard InChI is InChI=1S/C12H15FO2/c1-9(13)11-7-3-2-5-10(11)6-4-8-12(14)15/h2-3,5,7,9H,4,6,8H2,1H3,(H,14,15). The van der Waals surface area contributed by atoms with Crippen LogP contribution in [0, 0.1) is 0 Å². The molecule has 0 heterocycles. The number of aryl methyl sites for hydroxylation is 1. The molecule has 0 spiro atoms. The summed E-state index contributed by atoms with van der Waals surface area (Å²) in [5, 5.41) is 8.50. The van der Waals surface area contributed by atoms with E-state index < -0.39 is 12.1 Å². The Labute approximate surface area is 88.7 Å². The number of carboxylic acid groups (broad SMARTS) is 1. The van der Waals surface area contributed by atoms with E-state index in [1.807, 2.05) is 12.1 Å². The molecule has 1 rings (SSSR count). The number of carboxylic acids is 1. The molecule has 0 aliphatic heterocycles. The first-order valence-electron chi connectivity index (χ1n) is 5.05. The van der Waals surface area contributed by atoms with Gasteiger partial charge in [-0.3, -0.25) is 4.79 Å². The third-order valence-corrected chi connectivity index (χ3v) is 2.32. The third-order valence-electron chi connectivity index (χ3n) is 2.32. The van der Waals surface area contributed by atoms with Gasteiger partial charge in [0.05, 0.1) is 0 Å². The molecule has 0 saturated heterocycles. The Kier molecular flexibility index (Phi) is 4.28. The summed E-state index contributed by atoms with van der Waals surface area (Å²) in [7, 11) is 0. The molecule has 0 radical (unpaired) electrons. The SMILES string of the molecule is CC(F)c1ccccc1CCCC(=O)O. The molecule has 1 aromatic carbocycles. The molecule has 0 bridgehead atoms. The predicted octanol–water partition coefficient (Wildman–Crippen LogP) is 3.12. The van der Waals surface area contributed by atoms with Crippen LogP contribution in [0.1, 0.15) is 37.1 Å². The van der Waals surface area contributed by atoms with Crippen molar-refractivity contribution in [3.63, 3.8) is 0 Å². The van der Waals surface area contributed by atoms with E-state index in [4.69, 9.17) is 5.11 Å². The Hall–Kier alpha value is -1.38. The quantitative estimate of drug-likeness (QED) is 0.810. The number of hydrogen-bond acceptors (Lipinski definition) is 1. The Balaban J connectivity index is 2.63. The average molecular weight is 210 g/mol. The molecule has 0 saturated carbocycles. The molecular formula is C12H15FO2. The fourth-order valence-electron chi connectivity index (χ4n) is 1.58. The molecule has 2 nitrogen and oxygen atoms in total. The first kappa shape index (κ1) is 11.7. The van der Waals surface area contributed by atoms with Gasteiger partial charge in [0, 0.05) is 6.42 Å². The monoisotopic (exact) mass is 210 g/mol. The highest BCUT2D eigenvalue weighted by molar-refractivity contribution is 5.66. The van der Waals surface area contributed by atoms with Crippen LogP contribution >= 0.6 is 0 Å². The number of benzene rings is 1. The Morgan fingerprint density at radius 3 is 2.73 bits per heavy atom. The smallest absolute Gasteiger partial charge is 0.303 e. The average Bonchev–Trinajstić information content (AvgIpc) is 2.17. The molecular weight excluding hydrogens is 195 g/mol. The van der Waals surface area contributed by atoms with E-state index in [1.165, 1.54) is 6.92 Å². The molecule has 15 heavy (non-hydrogen) atoms. The highest BCUT2D eigenvalue weighted by Gasteiger charge is 2.08. The van der Waals surface area contributed by atoms with Gasteiger partial charge in [-0.25, -0.2) is 4.39 Å². The molecule has 0 aliphatic rings. The van der Waals surface area contributed by atoms with Crippen molar-refractivity contribution in [1.29, 1.82) is 0 Å². The number of rotatable bonds is 5. The van der Waals surface area contributed by atoms with Crippen LogP contribution < -0.4 is 0 Å². The molecule has 1 atom stereocenters. The summed E-state index contributed by atoms with van der Waals surface area (Å²) in [6.45, 7) is 1.50. The highest BCUT2D eigenvalue weighted by Crippen LogP contribution is 2.22. The number of aliphatic carboxylic acids is 1. The summed E-state index contributed by atoms with van der Waals surface area (Å²) >= 11 is 0. The van der Waals surface area contributed by atoms with Crippen LogP contribution in [0.15, 0.2) is 24.3 Å². The van der Waals surface area contributed by atoms with Crippen LogP contribution in [0.2, 0.25) is 0 Å². The molecule has 0 aliphatic carbocycles. The summed E-state index contributed by atoms with van der Waals surface area (Å²) < 4.78 is 13.2. The van der Waals surface area contributed by atoms with Gasteiger partial charge in [0.2, 0.25) is 0 Å². The summed E-state index contributed by atoms with van der Waals surface area (Å²) in [6, 6.07) is 7.25. The third kappa shape index (κ3) is 3.70. The van der Waals surface area contributed by atoms with E-state index in [0.717, 1.165) is 5.56 Å². The Morgan fingerprint density at radius 1 is 1.47 bits per heavy atom. The summed E-state index contributed by atoms with van der Waals surface area (Å²) in [5.41, 5.74) is 1.58. The lowest BCUT2D eigenvalue weighted by atomic mass is 9.99. The second-order valence-electron chi connectivity index (χ2n) is 3.56. The fourth-order valence-corrected chi connectivity index (χ4v) is 1.58. The number of alkyl halides is 1. The topological polar surface area (TPSA) is 37.3 Å². The van der Waals surface area contributed by atoms with Gasteiger partial charge in [-0.15, -0.1) is 0 Å². The normalized spacial score (nSPS) is 12.4. The predicted molar refractivity (Wildman–Crippen MR) is 56.5 cm³/mol. The molecule has 1 aromatic rings. The van der Waals surface area contributed by atoms with Gasteiger partial charge >= 0.3 is 5.97 Å². The minimum Gasteiger partial charge on any atom is -0.481 e. The van der Waals surface area contributed by atoms with Gasteiger partial charge in [-0.1, -0.05) is 24.3 Å². The first-order valence-corrected chi connectivity index (χ1v) is 5.05. The van der Waals surface area contributed by atoms with E-state index in [9.17, 15) is 9.18 Å². The van der Waals surface area contributed by atoms with Crippen LogP contribution in [-0.2, 0) is 11.2 Å². The van der Waals surface area contributed by atoms with E-state index in [-0.39, 0.29) is 6.42 Å². The van der Waals surface area contributed by atoms with Crippen molar-refractivity contribution in [2.45, 2.75) is 32.4 Å². The zero-order valence-electron chi connectivity index (χ0n) is 8.74. The second kappa shape index (κ2) is 5.49. The zero-order valence-corrected chi connectivity index (χ0v) is 8.74. The van der Waals surface area contributed by atoms with Crippen LogP contribution in [-0.4, -0.2) is 11.1 Å². The first-order chi connectivity index (χ1) is 7.11. The molecule has 0 fully saturated rings. The maximum absolute atomic E-state index is 13.2. The minimum absolute atomic E-state index is 0.134. The van der Waals surface area contributed by atoms with Crippen LogP contribution in [0.25, 0.3) is 0 Å². The molecule has 3 heteroatoms. The van der Waals surface area contributed by atoms with Crippen LogP contribution in [0.5, 0.6) is 0 Å². The number of carbonyl (C=O) groups is 1. The van der Waals surface area contributed by atoms with Crippen LogP contribution in [0.4, 0.5) is 4.39 Å². The molecule has 1 N–H and O–H groups in total. The van der Waals surface area contributed by atoms with E-state index in [1.54, 1.807) is 12.1 Å². The molecule has 1 unspecified atom stereocenters. The Morgan fingerprint density at radius 2 is 2.13 bits per heavy atom. The van der Waals surface area contributed by atoms with E-state index in [2.05, 4.69) is 0 Å². The molecule has 82 valence electrons. The summed E-state index contributed by atoms with van der Waals surface area (Å²) in [6.07, 6.45) is 0.316. The van der Waals surface area contributed by atoms with Gasteiger partial charge in [-0.2, -0.15) is 0 Å². The lowest BCUT2D eigenvalue weighted by Crippen LogP contribution is -1.99. The van der Waals surface area contributed by atoms with Gasteiger partial charge in [-0.05, 0) is 30.9 Å². The fraction of sp³-hybridized carbons (Fsp3) is 0.417. The van der Waals surface area contributed by atoms with Gasteiger partial charge in [0.1, 0.15) is 6.17 Å². The van der Waals surface area contributed by atoms with Crippen molar-refractivity contribution in [2.24, 2.45) is 0 Å². The molecule has 0 aromatic heterocycles. The lowest BCUT2D eigenvalue weighted by molar-refractivity contribution is -0.137. The largest absolute Gasteiger partial charge is 0.481 e. The summed E-state index contributed by atoms with van der Waals surface area (Å²) in [5.74, 6) is -0.805. The van der Waals surface area contributed by atoms with Gasteiger partial charge < -0.3 is 5.11 Å². The second-order valence-corrected chi connectivity index (χ2v) is 3.56. The van der Waals surface area contributed by atoms with Gasteiger partial charge in [0.25, 0.3) is 0 Å². The van der Waals surface area contributed by atoms with Crippen molar-refractivity contribution in [1.82, 2.24) is 0 Å². The molecule has 0 amide bonds. The van der Waals surface area contributed by atoms with E-state index in [0.29, 0.717) is 18.4 Å². The Bertz CT molecular complexity index is 334. The zero-order chi connectivity index (χ0) is 11.3. The number of hydrogen-bond donors (Lipinski definition) is 1.